The van der Waals surface area contributed by atoms with Crippen LogP contribution in [0.3, 0.4) is 0 Å². The van der Waals surface area contributed by atoms with Crippen LogP contribution in [-0.4, -0.2) is 48.1 Å². The number of ether oxygens (including phenoxy) is 1. The fourth-order valence-electron chi connectivity index (χ4n) is 2.94. The molecular weight excluding hydrogens is 332 g/mol. The second-order valence-corrected chi connectivity index (χ2v) is 6.53. The van der Waals surface area contributed by atoms with Crippen LogP contribution in [0.15, 0.2) is 18.2 Å². The van der Waals surface area contributed by atoms with Gasteiger partial charge in [-0.15, -0.1) is 0 Å². The maximum Gasteiger partial charge on any atom is 0.326 e. The minimum Gasteiger partial charge on any atom is -0.495 e. The van der Waals surface area contributed by atoms with Gasteiger partial charge in [0.2, 0.25) is 5.91 Å². The second-order valence-electron chi connectivity index (χ2n) is 6.09. The molecule has 1 aromatic rings. The Kier molecular flexibility index (Phi) is 6.31. The van der Waals surface area contributed by atoms with Gasteiger partial charge in [0.15, 0.2) is 0 Å². The highest BCUT2D eigenvalue weighted by Gasteiger charge is 2.34. The standard InChI is InChI=1S/C17H23ClN2O4/c1-11-6-8-20(14(9-11)17(22)23)16(21)5-7-19-13-10-12(18)3-4-15(13)24-2/h3-4,10-11,14,19H,5-9H2,1-2H3,(H,22,23). The molecule has 2 N–H and O–H groups in total. The Labute approximate surface area is 146 Å². The first-order valence-electron chi connectivity index (χ1n) is 8.02. The highest BCUT2D eigenvalue weighted by atomic mass is 35.5. The number of rotatable bonds is 6. The Bertz CT molecular complexity index is 608. The summed E-state index contributed by atoms with van der Waals surface area (Å²) in [6.45, 7) is 2.90. The maximum atomic E-state index is 12.4. The SMILES string of the molecule is COc1ccc(Cl)cc1NCCC(=O)N1CCC(C)CC1C(=O)O. The van der Waals surface area contributed by atoms with Gasteiger partial charge in [-0.05, 0) is 37.0 Å². The number of hydrogen-bond donors (Lipinski definition) is 2. The minimum absolute atomic E-state index is 0.150. The van der Waals surface area contributed by atoms with Gasteiger partial charge in [-0.3, -0.25) is 4.79 Å². The Morgan fingerprint density at radius 1 is 1.46 bits per heavy atom. The van der Waals surface area contributed by atoms with Gasteiger partial charge in [-0.25, -0.2) is 4.79 Å². The summed E-state index contributed by atoms with van der Waals surface area (Å²) in [5.74, 6) is -0.117. The van der Waals surface area contributed by atoms with Crippen molar-refractivity contribution in [3.05, 3.63) is 23.2 Å². The molecule has 7 heteroatoms. The number of halogens is 1. The highest BCUT2D eigenvalue weighted by molar-refractivity contribution is 6.30. The van der Waals surface area contributed by atoms with E-state index in [0.717, 1.165) is 6.42 Å². The van der Waals surface area contributed by atoms with Gasteiger partial charge in [0.05, 0.1) is 12.8 Å². The Balaban J connectivity index is 1.93. The molecule has 6 nitrogen and oxygen atoms in total. The third kappa shape index (κ3) is 4.54. The lowest BCUT2D eigenvalue weighted by molar-refractivity contribution is -0.152. The zero-order valence-electron chi connectivity index (χ0n) is 13.9. The van der Waals surface area contributed by atoms with Gasteiger partial charge >= 0.3 is 5.97 Å². The van der Waals surface area contributed by atoms with Gasteiger partial charge < -0.3 is 20.1 Å². The largest absolute Gasteiger partial charge is 0.495 e. The van der Waals surface area contributed by atoms with E-state index in [1.165, 1.54) is 4.90 Å². The molecule has 1 amide bonds. The van der Waals surface area contributed by atoms with Gasteiger partial charge in [-0.1, -0.05) is 18.5 Å². The first-order valence-corrected chi connectivity index (χ1v) is 8.40. The molecule has 1 heterocycles. The van der Waals surface area contributed by atoms with Crippen LogP contribution in [-0.2, 0) is 9.59 Å². The first-order chi connectivity index (χ1) is 11.4. The van der Waals surface area contributed by atoms with Crippen molar-refractivity contribution in [3.63, 3.8) is 0 Å². The number of hydrogen-bond acceptors (Lipinski definition) is 4. The summed E-state index contributed by atoms with van der Waals surface area (Å²) < 4.78 is 5.24. The summed E-state index contributed by atoms with van der Waals surface area (Å²) in [6.07, 6.45) is 1.56. The molecule has 2 rings (SSSR count). The molecular formula is C17H23ClN2O4. The topological polar surface area (TPSA) is 78.9 Å². The van der Waals surface area contributed by atoms with Gasteiger partial charge in [-0.2, -0.15) is 0 Å². The van der Waals surface area contributed by atoms with Crippen LogP contribution in [0.4, 0.5) is 5.69 Å². The van der Waals surface area contributed by atoms with Crippen molar-refractivity contribution in [2.45, 2.75) is 32.2 Å². The number of amides is 1. The van der Waals surface area contributed by atoms with Crippen molar-refractivity contribution in [2.75, 3.05) is 25.5 Å². The van der Waals surface area contributed by atoms with E-state index < -0.39 is 12.0 Å². The summed E-state index contributed by atoms with van der Waals surface area (Å²) in [6, 6.07) is 4.48. The van der Waals surface area contributed by atoms with Crippen LogP contribution in [0, 0.1) is 5.92 Å². The second kappa shape index (κ2) is 8.24. The summed E-state index contributed by atoms with van der Waals surface area (Å²) in [7, 11) is 1.56. The summed E-state index contributed by atoms with van der Waals surface area (Å²) in [4.78, 5) is 25.3. The number of carbonyl (C=O) groups is 2. The molecule has 0 saturated carbocycles. The predicted molar refractivity (Wildman–Crippen MR) is 92.6 cm³/mol. The number of carboxylic acid groups (broad SMARTS) is 1. The summed E-state index contributed by atoms with van der Waals surface area (Å²) in [5.41, 5.74) is 0.708. The average Bonchev–Trinajstić information content (AvgIpc) is 2.54. The van der Waals surface area contributed by atoms with E-state index in [-0.39, 0.29) is 12.3 Å². The molecule has 0 bridgehead atoms. The fourth-order valence-corrected chi connectivity index (χ4v) is 3.11. The van der Waals surface area contributed by atoms with Gasteiger partial charge in [0.1, 0.15) is 11.8 Å². The number of anilines is 1. The molecule has 1 fully saturated rings. The van der Waals surface area contributed by atoms with Crippen molar-refractivity contribution >= 4 is 29.2 Å². The summed E-state index contributed by atoms with van der Waals surface area (Å²) in [5, 5.41) is 13.0. The molecule has 1 aliphatic heterocycles. The van der Waals surface area contributed by atoms with Crippen LogP contribution >= 0.6 is 11.6 Å². The average molecular weight is 355 g/mol. The van der Waals surface area contributed by atoms with Gasteiger partial charge in [0, 0.05) is 24.5 Å². The lowest BCUT2D eigenvalue weighted by Gasteiger charge is -2.36. The van der Waals surface area contributed by atoms with Gasteiger partial charge in [0.25, 0.3) is 0 Å². The third-order valence-electron chi connectivity index (χ3n) is 4.29. The highest BCUT2D eigenvalue weighted by Crippen LogP contribution is 2.28. The number of piperidine rings is 1. The number of carbonyl (C=O) groups excluding carboxylic acids is 1. The van der Waals surface area contributed by atoms with E-state index in [4.69, 9.17) is 16.3 Å². The molecule has 1 aliphatic rings. The van der Waals surface area contributed by atoms with Crippen molar-refractivity contribution < 1.29 is 19.4 Å². The number of methoxy groups -OCH3 is 1. The number of nitrogens with zero attached hydrogens (tertiary/aromatic N) is 1. The lowest BCUT2D eigenvalue weighted by Crippen LogP contribution is -2.50. The smallest absolute Gasteiger partial charge is 0.326 e. The number of aliphatic carboxylic acids is 1. The Hall–Kier alpha value is -1.95. The fraction of sp³-hybridized carbons (Fsp3) is 0.529. The van der Waals surface area contributed by atoms with E-state index >= 15 is 0 Å². The molecule has 0 radical (unpaired) electrons. The molecule has 1 saturated heterocycles. The van der Waals surface area contributed by atoms with Crippen LogP contribution in [0.5, 0.6) is 5.75 Å². The zero-order chi connectivity index (χ0) is 17.7. The van der Waals surface area contributed by atoms with E-state index in [2.05, 4.69) is 5.32 Å². The van der Waals surface area contributed by atoms with E-state index in [1.807, 2.05) is 6.92 Å². The van der Waals surface area contributed by atoms with E-state index in [9.17, 15) is 14.7 Å². The van der Waals surface area contributed by atoms with E-state index in [1.54, 1.807) is 25.3 Å². The van der Waals surface area contributed by atoms with E-state index in [0.29, 0.717) is 41.9 Å². The molecule has 24 heavy (non-hydrogen) atoms. The summed E-state index contributed by atoms with van der Waals surface area (Å²) >= 11 is 5.97. The molecule has 0 spiro atoms. The molecule has 0 aromatic heterocycles. The predicted octanol–water partition coefficient (Wildman–Crippen LogP) is 2.86. The Morgan fingerprint density at radius 3 is 2.88 bits per heavy atom. The minimum atomic E-state index is -0.931. The zero-order valence-corrected chi connectivity index (χ0v) is 14.7. The van der Waals surface area contributed by atoms with Crippen molar-refractivity contribution in [1.82, 2.24) is 4.90 Å². The molecule has 1 aromatic carbocycles. The first kappa shape index (κ1) is 18.4. The number of benzene rings is 1. The molecule has 0 aliphatic carbocycles. The lowest BCUT2D eigenvalue weighted by atomic mass is 9.92. The van der Waals surface area contributed by atoms with Crippen molar-refractivity contribution in [3.8, 4) is 5.75 Å². The molecule has 2 atom stereocenters. The van der Waals surface area contributed by atoms with Crippen LogP contribution < -0.4 is 10.1 Å². The number of carboxylic acids is 1. The maximum absolute atomic E-state index is 12.4. The van der Waals surface area contributed by atoms with Crippen LogP contribution in [0.25, 0.3) is 0 Å². The molecule has 132 valence electrons. The molecule has 2 unspecified atom stereocenters. The quantitative estimate of drug-likeness (QED) is 0.821. The number of likely N-dealkylation sites (tertiary alicyclic amines) is 1. The van der Waals surface area contributed by atoms with Crippen molar-refractivity contribution in [1.29, 1.82) is 0 Å². The van der Waals surface area contributed by atoms with Crippen molar-refractivity contribution in [2.24, 2.45) is 5.92 Å². The normalized spacial score (nSPS) is 20.5. The number of nitrogens with one attached hydrogen (secondary N) is 1. The third-order valence-corrected chi connectivity index (χ3v) is 4.52. The monoisotopic (exact) mass is 354 g/mol. The van der Waals surface area contributed by atoms with Crippen LogP contribution in [0.1, 0.15) is 26.2 Å². The Morgan fingerprint density at radius 2 is 2.21 bits per heavy atom. The van der Waals surface area contributed by atoms with Crippen LogP contribution in [0.2, 0.25) is 5.02 Å².